The third kappa shape index (κ3) is 2.88. The van der Waals surface area contributed by atoms with Crippen LogP contribution < -0.4 is 0 Å². The largest absolute Gasteiger partial charge is 0.475 e. The van der Waals surface area contributed by atoms with Crippen molar-refractivity contribution < 1.29 is 14.3 Å². The topological polar surface area (TPSA) is 63.3 Å². The zero-order chi connectivity index (χ0) is 12.3. The fourth-order valence-corrected chi connectivity index (χ4v) is 2.23. The Morgan fingerprint density at radius 1 is 1.41 bits per heavy atom. The molecule has 0 radical (unpaired) electrons. The first-order valence-electron chi connectivity index (χ1n) is 5.07. The molecule has 0 aromatic carbocycles. The van der Waals surface area contributed by atoms with Crippen LogP contribution in [0.25, 0.3) is 0 Å². The maximum atomic E-state index is 10.7. The van der Waals surface area contributed by atoms with Crippen LogP contribution in [0.2, 0.25) is 0 Å². The summed E-state index contributed by atoms with van der Waals surface area (Å²) in [5.41, 5.74) is 0. The van der Waals surface area contributed by atoms with Crippen molar-refractivity contribution in [3.05, 3.63) is 48.0 Å². The number of hydrogen-bond acceptors (Lipinski definition) is 4. The van der Waals surface area contributed by atoms with Crippen molar-refractivity contribution in [3.8, 4) is 0 Å². The first-order chi connectivity index (χ1) is 8.16. The number of pyridine rings is 1. The van der Waals surface area contributed by atoms with E-state index in [0.29, 0.717) is 5.76 Å². The Balaban J connectivity index is 2.09. The monoisotopic (exact) mass is 249 g/mol. The quantitative estimate of drug-likeness (QED) is 0.843. The summed E-state index contributed by atoms with van der Waals surface area (Å²) < 4.78 is 5.23. The molecule has 0 saturated carbocycles. The molecule has 5 heteroatoms. The van der Waals surface area contributed by atoms with Crippen LogP contribution in [-0.4, -0.2) is 16.1 Å². The summed E-state index contributed by atoms with van der Waals surface area (Å²) in [6, 6.07) is 8.82. The summed E-state index contributed by atoms with van der Waals surface area (Å²) in [5.74, 6) is -0.446. The highest BCUT2D eigenvalue weighted by atomic mass is 32.2. The van der Waals surface area contributed by atoms with E-state index < -0.39 is 5.97 Å². The number of aromatic nitrogens is 1. The van der Waals surface area contributed by atoms with Crippen LogP contribution in [0.3, 0.4) is 0 Å². The molecule has 2 heterocycles. The van der Waals surface area contributed by atoms with Crippen molar-refractivity contribution in [3.63, 3.8) is 0 Å². The summed E-state index contributed by atoms with van der Waals surface area (Å²) in [7, 11) is 0. The van der Waals surface area contributed by atoms with Gasteiger partial charge in [0, 0.05) is 6.20 Å². The maximum absolute atomic E-state index is 10.7. The van der Waals surface area contributed by atoms with Gasteiger partial charge in [-0.2, -0.15) is 0 Å². The van der Waals surface area contributed by atoms with Gasteiger partial charge in [0.05, 0.1) is 10.3 Å². The average Bonchev–Trinajstić information content (AvgIpc) is 2.79. The van der Waals surface area contributed by atoms with Gasteiger partial charge in [0.1, 0.15) is 5.76 Å². The molecule has 1 N–H and O–H groups in total. The van der Waals surface area contributed by atoms with Gasteiger partial charge >= 0.3 is 5.97 Å². The molecule has 88 valence electrons. The lowest BCUT2D eigenvalue weighted by molar-refractivity contribution is 0.0660. The molecule has 0 saturated heterocycles. The van der Waals surface area contributed by atoms with E-state index in [0.717, 1.165) is 5.03 Å². The molecule has 2 aromatic heterocycles. The molecule has 2 rings (SSSR count). The predicted octanol–water partition coefficient (Wildman–Crippen LogP) is 3.23. The van der Waals surface area contributed by atoms with Gasteiger partial charge in [-0.1, -0.05) is 17.8 Å². The third-order valence-electron chi connectivity index (χ3n) is 2.17. The van der Waals surface area contributed by atoms with E-state index in [-0.39, 0.29) is 11.0 Å². The number of rotatable bonds is 4. The number of furan rings is 1. The number of nitrogens with zero attached hydrogens (tertiary/aromatic N) is 1. The minimum atomic E-state index is -1.05. The number of hydrogen-bond donors (Lipinski definition) is 1. The molecule has 1 atom stereocenters. The molecule has 0 aliphatic rings. The van der Waals surface area contributed by atoms with Crippen LogP contribution in [0.5, 0.6) is 0 Å². The number of carbonyl (C=O) groups is 1. The van der Waals surface area contributed by atoms with Gasteiger partial charge in [0.15, 0.2) is 0 Å². The van der Waals surface area contributed by atoms with Crippen molar-refractivity contribution in [1.29, 1.82) is 0 Å². The molecular formula is C12H11NO3S. The normalized spacial score (nSPS) is 12.3. The van der Waals surface area contributed by atoms with Crippen molar-refractivity contribution in [2.45, 2.75) is 17.2 Å². The Labute approximate surface area is 103 Å². The van der Waals surface area contributed by atoms with Crippen LogP contribution in [0.1, 0.15) is 28.5 Å². The molecule has 0 fully saturated rings. The zero-order valence-electron chi connectivity index (χ0n) is 9.16. The van der Waals surface area contributed by atoms with Gasteiger partial charge < -0.3 is 9.52 Å². The van der Waals surface area contributed by atoms with Gasteiger partial charge in [-0.15, -0.1) is 0 Å². The summed E-state index contributed by atoms with van der Waals surface area (Å²) in [5, 5.41) is 9.67. The number of carboxylic acid groups (broad SMARTS) is 1. The first-order valence-corrected chi connectivity index (χ1v) is 5.95. The Morgan fingerprint density at radius 3 is 2.82 bits per heavy atom. The summed E-state index contributed by atoms with van der Waals surface area (Å²) >= 11 is 1.52. The number of carboxylic acids is 1. The Hall–Kier alpha value is -1.75. The second-order valence-corrected chi connectivity index (χ2v) is 4.80. The molecule has 2 aromatic rings. The van der Waals surface area contributed by atoms with Crippen LogP contribution in [0, 0.1) is 0 Å². The van der Waals surface area contributed by atoms with Crippen LogP contribution in [0.15, 0.2) is 46.0 Å². The summed E-state index contributed by atoms with van der Waals surface area (Å²) in [6.45, 7) is 1.95. The number of thioether (sulfide) groups is 1. The minimum absolute atomic E-state index is 0.0259. The molecule has 0 bridgehead atoms. The van der Waals surface area contributed by atoms with Crippen molar-refractivity contribution >= 4 is 17.7 Å². The third-order valence-corrected chi connectivity index (χ3v) is 3.24. The summed E-state index contributed by atoms with van der Waals surface area (Å²) in [4.78, 5) is 14.9. The smallest absolute Gasteiger partial charge is 0.371 e. The van der Waals surface area contributed by atoms with E-state index in [1.165, 1.54) is 17.8 Å². The summed E-state index contributed by atoms with van der Waals surface area (Å²) in [6.07, 6.45) is 1.72. The molecule has 1 unspecified atom stereocenters. The molecule has 0 aliphatic heterocycles. The fourth-order valence-electron chi connectivity index (χ4n) is 1.34. The van der Waals surface area contributed by atoms with Gasteiger partial charge in [0.2, 0.25) is 5.76 Å². The lowest BCUT2D eigenvalue weighted by Gasteiger charge is -2.06. The molecule has 17 heavy (non-hydrogen) atoms. The molecule has 0 spiro atoms. The maximum Gasteiger partial charge on any atom is 0.371 e. The van der Waals surface area contributed by atoms with Gasteiger partial charge in [-0.05, 0) is 31.2 Å². The van der Waals surface area contributed by atoms with E-state index in [2.05, 4.69) is 4.98 Å². The van der Waals surface area contributed by atoms with Crippen LogP contribution >= 0.6 is 11.8 Å². The second-order valence-electron chi connectivity index (χ2n) is 3.44. The fraction of sp³-hybridized carbons (Fsp3) is 0.167. The lowest BCUT2D eigenvalue weighted by Crippen LogP contribution is -1.92. The van der Waals surface area contributed by atoms with Crippen LogP contribution in [0.4, 0.5) is 0 Å². The molecular weight excluding hydrogens is 238 g/mol. The lowest BCUT2D eigenvalue weighted by atomic mass is 10.3. The zero-order valence-corrected chi connectivity index (χ0v) is 9.98. The SMILES string of the molecule is CC(Sc1ccccn1)c1ccc(C(=O)O)o1. The number of aromatic carboxylic acids is 1. The van der Waals surface area contributed by atoms with E-state index in [1.807, 2.05) is 25.1 Å². The molecule has 4 nitrogen and oxygen atoms in total. The van der Waals surface area contributed by atoms with E-state index >= 15 is 0 Å². The Morgan fingerprint density at radius 2 is 2.24 bits per heavy atom. The van der Waals surface area contributed by atoms with Gasteiger partial charge in [-0.3, -0.25) is 0 Å². The Bertz CT molecular complexity index is 509. The Kier molecular flexibility index (Phi) is 3.49. The predicted molar refractivity (Wildman–Crippen MR) is 64.2 cm³/mol. The van der Waals surface area contributed by atoms with Crippen LogP contribution in [-0.2, 0) is 0 Å². The van der Waals surface area contributed by atoms with Gasteiger partial charge in [-0.25, -0.2) is 9.78 Å². The second kappa shape index (κ2) is 5.05. The van der Waals surface area contributed by atoms with E-state index in [9.17, 15) is 4.79 Å². The highest BCUT2D eigenvalue weighted by Gasteiger charge is 2.15. The van der Waals surface area contributed by atoms with Gasteiger partial charge in [0.25, 0.3) is 0 Å². The first kappa shape index (κ1) is 11.7. The van der Waals surface area contributed by atoms with Crippen molar-refractivity contribution in [2.75, 3.05) is 0 Å². The average molecular weight is 249 g/mol. The minimum Gasteiger partial charge on any atom is -0.475 e. The highest BCUT2D eigenvalue weighted by molar-refractivity contribution is 7.99. The molecule has 0 aliphatic carbocycles. The standard InChI is InChI=1S/C12H11NO3S/c1-8(17-11-4-2-3-7-13-11)9-5-6-10(16-9)12(14)15/h2-8H,1H3,(H,14,15). The van der Waals surface area contributed by atoms with E-state index in [1.54, 1.807) is 12.3 Å². The highest BCUT2D eigenvalue weighted by Crippen LogP contribution is 2.34. The van der Waals surface area contributed by atoms with Crippen molar-refractivity contribution in [1.82, 2.24) is 4.98 Å². The van der Waals surface area contributed by atoms with E-state index in [4.69, 9.17) is 9.52 Å². The van der Waals surface area contributed by atoms with Crippen molar-refractivity contribution in [2.24, 2.45) is 0 Å². The molecule has 0 amide bonds.